The smallest absolute Gasteiger partial charge is 0.142 e. The molecule has 2 unspecified atom stereocenters. The second-order valence-corrected chi connectivity index (χ2v) is 5.56. The van der Waals surface area contributed by atoms with E-state index in [1.54, 1.807) is 6.07 Å². The van der Waals surface area contributed by atoms with Gasteiger partial charge in [0.25, 0.3) is 0 Å². The fourth-order valence-corrected chi connectivity index (χ4v) is 2.85. The van der Waals surface area contributed by atoms with Crippen LogP contribution in [0.1, 0.15) is 38.3 Å². The number of hydrogen-bond donors (Lipinski definition) is 1. The highest BCUT2D eigenvalue weighted by Crippen LogP contribution is 2.36. The Morgan fingerprint density at radius 1 is 1.29 bits per heavy atom. The van der Waals surface area contributed by atoms with E-state index in [0.717, 1.165) is 5.92 Å². The highest BCUT2D eigenvalue weighted by Gasteiger charge is 2.29. The Balaban J connectivity index is 2.17. The van der Waals surface area contributed by atoms with Crippen LogP contribution in [0, 0.1) is 11.7 Å². The van der Waals surface area contributed by atoms with Crippen LogP contribution in [0.15, 0.2) is 12.1 Å². The number of benzene rings is 1. The van der Waals surface area contributed by atoms with Crippen molar-refractivity contribution in [2.45, 2.75) is 38.8 Å². The van der Waals surface area contributed by atoms with Gasteiger partial charge < -0.3 is 5.32 Å². The molecule has 1 aliphatic carbocycles. The van der Waals surface area contributed by atoms with E-state index in [0.29, 0.717) is 16.6 Å². The van der Waals surface area contributed by atoms with Crippen LogP contribution >= 0.6 is 23.2 Å². The second-order valence-electron chi connectivity index (χ2n) is 4.77. The predicted octanol–water partition coefficient (Wildman–Crippen LogP) is 4.58. The quantitative estimate of drug-likeness (QED) is 0.793. The minimum absolute atomic E-state index is 0.0405. The first-order valence-corrected chi connectivity index (χ1v) is 6.65. The van der Waals surface area contributed by atoms with Crippen LogP contribution in [-0.2, 0) is 0 Å². The monoisotopic (exact) mass is 275 g/mol. The van der Waals surface area contributed by atoms with Gasteiger partial charge in [0.15, 0.2) is 0 Å². The van der Waals surface area contributed by atoms with Crippen molar-refractivity contribution in [2.75, 3.05) is 0 Å². The molecule has 17 heavy (non-hydrogen) atoms. The third-order valence-electron chi connectivity index (χ3n) is 3.35. The van der Waals surface area contributed by atoms with Gasteiger partial charge in [-0.15, -0.1) is 0 Å². The molecule has 0 spiro atoms. The molecule has 0 amide bonds. The molecule has 1 saturated carbocycles. The summed E-state index contributed by atoms with van der Waals surface area (Å²) in [6, 6.07) is 3.23. The Labute approximate surface area is 111 Å². The number of halogens is 3. The van der Waals surface area contributed by atoms with Gasteiger partial charge in [-0.25, -0.2) is 4.39 Å². The summed E-state index contributed by atoms with van der Waals surface area (Å²) in [7, 11) is 0. The summed E-state index contributed by atoms with van der Waals surface area (Å²) < 4.78 is 13.4. The minimum atomic E-state index is -0.418. The zero-order chi connectivity index (χ0) is 12.6. The van der Waals surface area contributed by atoms with Gasteiger partial charge in [0.05, 0.1) is 5.02 Å². The summed E-state index contributed by atoms with van der Waals surface area (Å²) in [5.74, 6) is 0.322. The van der Waals surface area contributed by atoms with Gasteiger partial charge in [-0.05, 0) is 44.7 Å². The third-order valence-corrected chi connectivity index (χ3v) is 4.07. The second kappa shape index (κ2) is 5.13. The molecule has 0 aromatic heterocycles. The van der Waals surface area contributed by atoms with E-state index in [9.17, 15) is 4.39 Å². The maximum atomic E-state index is 13.4. The summed E-state index contributed by atoms with van der Waals surface area (Å²) in [6.45, 7) is 4.11. The van der Waals surface area contributed by atoms with Crippen LogP contribution in [0.5, 0.6) is 0 Å². The van der Waals surface area contributed by atoms with E-state index >= 15 is 0 Å². The van der Waals surface area contributed by atoms with Gasteiger partial charge in [-0.2, -0.15) is 0 Å². The van der Waals surface area contributed by atoms with Gasteiger partial charge in [-0.1, -0.05) is 23.2 Å². The number of rotatable bonds is 4. The van der Waals surface area contributed by atoms with E-state index < -0.39 is 5.82 Å². The highest BCUT2D eigenvalue weighted by atomic mass is 35.5. The molecule has 1 nitrogen and oxygen atoms in total. The van der Waals surface area contributed by atoms with E-state index in [1.165, 1.54) is 18.9 Å². The van der Waals surface area contributed by atoms with Crippen LogP contribution < -0.4 is 5.32 Å². The first-order valence-electron chi connectivity index (χ1n) is 5.90. The first-order chi connectivity index (χ1) is 8.00. The Morgan fingerprint density at radius 3 is 2.53 bits per heavy atom. The van der Waals surface area contributed by atoms with Gasteiger partial charge >= 0.3 is 0 Å². The third kappa shape index (κ3) is 2.93. The average Bonchev–Trinajstić information content (AvgIpc) is 3.07. The summed E-state index contributed by atoms with van der Waals surface area (Å²) in [5.41, 5.74) is 0.654. The Hall–Kier alpha value is -0.310. The lowest BCUT2D eigenvalue weighted by molar-refractivity contribution is 0.440. The summed E-state index contributed by atoms with van der Waals surface area (Å²) in [4.78, 5) is 0. The van der Waals surface area contributed by atoms with Gasteiger partial charge in [0.2, 0.25) is 0 Å². The standard InChI is InChI=1S/C13H16Cl2FN/c1-7(9-3-4-9)17-8(2)12-10(14)5-6-11(16)13(12)15/h5-9,17H,3-4H2,1-2H3. The molecule has 94 valence electrons. The molecule has 0 radical (unpaired) electrons. The van der Waals surface area contributed by atoms with Crippen LogP contribution in [0.4, 0.5) is 4.39 Å². The Morgan fingerprint density at radius 2 is 1.94 bits per heavy atom. The molecule has 1 aliphatic rings. The van der Waals surface area contributed by atoms with E-state index in [4.69, 9.17) is 23.2 Å². The molecule has 2 rings (SSSR count). The molecule has 1 aromatic carbocycles. The van der Waals surface area contributed by atoms with E-state index in [-0.39, 0.29) is 11.1 Å². The lowest BCUT2D eigenvalue weighted by Crippen LogP contribution is -2.31. The summed E-state index contributed by atoms with van der Waals surface area (Å²) in [6.07, 6.45) is 2.54. The molecular weight excluding hydrogens is 260 g/mol. The number of nitrogens with one attached hydrogen (secondary N) is 1. The van der Waals surface area contributed by atoms with Crippen molar-refractivity contribution in [3.05, 3.63) is 33.6 Å². The minimum Gasteiger partial charge on any atom is -0.307 e. The average molecular weight is 276 g/mol. The van der Waals surface area contributed by atoms with Gasteiger partial charge in [0.1, 0.15) is 5.82 Å². The van der Waals surface area contributed by atoms with Crippen molar-refractivity contribution >= 4 is 23.2 Å². The molecule has 0 aliphatic heterocycles. The molecule has 1 aromatic rings. The van der Waals surface area contributed by atoms with Crippen LogP contribution in [-0.4, -0.2) is 6.04 Å². The van der Waals surface area contributed by atoms with E-state index in [2.05, 4.69) is 12.2 Å². The van der Waals surface area contributed by atoms with Crippen LogP contribution in [0.3, 0.4) is 0 Å². The molecule has 4 heteroatoms. The fourth-order valence-electron chi connectivity index (χ4n) is 2.15. The first kappa shape index (κ1) is 13.1. The normalized spacial score (nSPS) is 19.1. The summed E-state index contributed by atoms with van der Waals surface area (Å²) in [5, 5.41) is 4.07. The largest absolute Gasteiger partial charge is 0.307 e. The molecule has 0 heterocycles. The SMILES string of the molecule is CC(NC(C)C1CC1)c1c(Cl)ccc(F)c1Cl. The molecule has 2 atom stereocenters. The Bertz CT molecular complexity index is 418. The van der Waals surface area contributed by atoms with Gasteiger partial charge in [-0.3, -0.25) is 0 Å². The van der Waals surface area contributed by atoms with Gasteiger partial charge in [0, 0.05) is 22.7 Å². The molecule has 1 N–H and O–H groups in total. The van der Waals surface area contributed by atoms with Crippen molar-refractivity contribution in [1.29, 1.82) is 0 Å². The number of hydrogen-bond acceptors (Lipinski definition) is 1. The predicted molar refractivity (Wildman–Crippen MR) is 70.2 cm³/mol. The Kier molecular flexibility index (Phi) is 3.96. The lowest BCUT2D eigenvalue weighted by Gasteiger charge is -2.22. The maximum absolute atomic E-state index is 13.4. The molecule has 0 saturated heterocycles. The summed E-state index contributed by atoms with van der Waals surface area (Å²) >= 11 is 12.1. The molecule has 0 bridgehead atoms. The van der Waals surface area contributed by atoms with Crippen molar-refractivity contribution < 1.29 is 4.39 Å². The van der Waals surface area contributed by atoms with Crippen molar-refractivity contribution in [2.24, 2.45) is 5.92 Å². The van der Waals surface area contributed by atoms with Crippen molar-refractivity contribution in [3.63, 3.8) is 0 Å². The van der Waals surface area contributed by atoms with E-state index in [1.807, 2.05) is 6.92 Å². The van der Waals surface area contributed by atoms with Crippen molar-refractivity contribution in [1.82, 2.24) is 5.32 Å². The van der Waals surface area contributed by atoms with Crippen LogP contribution in [0.25, 0.3) is 0 Å². The maximum Gasteiger partial charge on any atom is 0.142 e. The highest BCUT2D eigenvalue weighted by molar-refractivity contribution is 6.36. The topological polar surface area (TPSA) is 12.0 Å². The fraction of sp³-hybridized carbons (Fsp3) is 0.538. The molecular formula is C13H16Cl2FN. The van der Waals surface area contributed by atoms with Crippen LogP contribution in [0.2, 0.25) is 10.0 Å². The zero-order valence-electron chi connectivity index (χ0n) is 9.93. The zero-order valence-corrected chi connectivity index (χ0v) is 11.4. The van der Waals surface area contributed by atoms with Crippen molar-refractivity contribution in [3.8, 4) is 0 Å². The molecule has 1 fully saturated rings. The lowest BCUT2D eigenvalue weighted by atomic mass is 10.1.